The van der Waals surface area contributed by atoms with E-state index in [1.165, 1.54) is 31.4 Å². The first kappa shape index (κ1) is 21.6. The van der Waals surface area contributed by atoms with Gasteiger partial charge in [-0.05, 0) is 61.3 Å². The lowest BCUT2D eigenvalue weighted by Crippen LogP contribution is -2.46. The van der Waals surface area contributed by atoms with Crippen LogP contribution in [-0.2, 0) is 9.59 Å². The summed E-state index contributed by atoms with van der Waals surface area (Å²) in [6, 6.07) is 4.70. The standard InChI is InChI=1S/C23H28O5/c1-16-6-5-12-22(2,3)23(16,27)13-11-19(25)15-18(24)9-7-17-8-10-20(26)21(14-17)28-4/h6-11,13-14,26-27H,5,12,15H2,1-4H3/b9-7+,13-11?. The SMILES string of the molecule is COc1cc(/C=C/C(=O)CC(=O)C=CC2(O)C(C)=CCCC2(C)C)ccc1O. The highest BCUT2D eigenvalue weighted by atomic mass is 16.5. The number of allylic oxidation sites excluding steroid dienone is 3. The average molecular weight is 384 g/mol. The molecule has 1 atom stereocenters. The van der Waals surface area contributed by atoms with E-state index in [4.69, 9.17) is 4.74 Å². The molecule has 28 heavy (non-hydrogen) atoms. The van der Waals surface area contributed by atoms with Crippen LogP contribution < -0.4 is 4.74 Å². The van der Waals surface area contributed by atoms with Crippen LogP contribution in [0.4, 0.5) is 0 Å². The van der Waals surface area contributed by atoms with E-state index >= 15 is 0 Å². The van der Waals surface area contributed by atoms with Gasteiger partial charge in [-0.2, -0.15) is 0 Å². The molecule has 0 bridgehead atoms. The van der Waals surface area contributed by atoms with Gasteiger partial charge in [0.15, 0.2) is 23.1 Å². The molecule has 0 saturated heterocycles. The molecule has 1 aromatic rings. The average Bonchev–Trinajstić information content (AvgIpc) is 2.64. The molecule has 0 fully saturated rings. The maximum absolute atomic E-state index is 12.2. The zero-order valence-corrected chi connectivity index (χ0v) is 16.9. The third-order valence-corrected chi connectivity index (χ3v) is 5.38. The molecule has 0 heterocycles. The van der Waals surface area contributed by atoms with E-state index in [1.807, 2.05) is 26.8 Å². The molecule has 150 valence electrons. The molecular formula is C23H28O5. The van der Waals surface area contributed by atoms with E-state index in [1.54, 1.807) is 18.2 Å². The van der Waals surface area contributed by atoms with Crippen LogP contribution >= 0.6 is 0 Å². The Kier molecular flexibility index (Phi) is 6.62. The smallest absolute Gasteiger partial charge is 0.163 e. The molecule has 0 saturated carbocycles. The molecule has 0 aliphatic heterocycles. The molecule has 1 aliphatic carbocycles. The highest BCUT2D eigenvalue weighted by Gasteiger charge is 2.44. The van der Waals surface area contributed by atoms with Crippen LogP contribution in [0.25, 0.3) is 6.08 Å². The van der Waals surface area contributed by atoms with E-state index in [0.717, 1.165) is 18.4 Å². The number of phenols is 1. The predicted molar refractivity (Wildman–Crippen MR) is 109 cm³/mol. The number of ether oxygens (including phenoxy) is 1. The normalized spacial score (nSPS) is 21.7. The van der Waals surface area contributed by atoms with E-state index in [0.29, 0.717) is 11.3 Å². The van der Waals surface area contributed by atoms with Crippen molar-refractivity contribution in [2.45, 2.75) is 45.6 Å². The van der Waals surface area contributed by atoms with Crippen molar-refractivity contribution in [3.63, 3.8) is 0 Å². The molecule has 2 N–H and O–H groups in total. The van der Waals surface area contributed by atoms with Crippen LogP contribution in [0, 0.1) is 5.41 Å². The fourth-order valence-electron chi connectivity index (χ4n) is 3.38. The van der Waals surface area contributed by atoms with E-state index in [9.17, 15) is 19.8 Å². The number of methoxy groups -OCH3 is 1. The maximum Gasteiger partial charge on any atom is 0.163 e. The Balaban J connectivity index is 2.02. The molecule has 0 radical (unpaired) electrons. The summed E-state index contributed by atoms with van der Waals surface area (Å²) in [7, 11) is 1.44. The highest BCUT2D eigenvalue weighted by molar-refractivity contribution is 6.09. The summed E-state index contributed by atoms with van der Waals surface area (Å²) in [5, 5.41) is 20.6. The van der Waals surface area contributed by atoms with Gasteiger partial charge in [0.05, 0.1) is 13.5 Å². The third-order valence-electron chi connectivity index (χ3n) is 5.38. The first-order chi connectivity index (χ1) is 13.1. The van der Waals surface area contributed by atoms with E-state index in [-0.39, 0.29) is 29.2 Å². The fraction of sp³-hybridized carbons (Fsp3) is 0.391. The van der Waals surface area contributed by atoms with Gasteiger partial charge in [-0.3, -0.25) is 9.59 Å². The number of benzene rings is 1. The number of aromatic hydroxyl groups is 1. The predicted octanol–water partition coefficient (Wildman–Crippen LogP) is 4.00. The van der Waals surface area contributed by atoms with Crippen LogP contribution in [0.5, 0.6) is 11.5 Å². The number of phenolic OH excluding ortho intramolecular Hbond substituents is 1. The minimum Gasteiger partial charge on any atom is -0.504 e. The van der Waals surface area contributed by atoms with Gasteiger partial charge in [-0.1, -0.05) is 32.1 Å². The van der Waals surface area contributed by atoms with Crippen molar-refractivity contribution >= 4 is 17.6 Å². The van der Waals surface area contributed by atoms with Crippen LogP contribution in [0.1, 0.15) is 45.6 Å². The summed E-state index contributed by atoms with van der Waals surface area (Å²) in [6.07, 6.45) is 9.13. The van der Waals surface area contributed by atoms with Crippen molar-refractivity contribution < 1.29 is 24.5 Å². The zero-order valence-electron chi connectivity index (χ0n) is 16.9. The lowest BCUT2D eigenvalue weighted by molar-refractivity contribution is -0.122. The van der Waals surface area contributed by atoms with Gasteiger partial charge in [-0.25, -0.2) is 0 Å². The zero-order chi connectivity index (χ0) is 20.9. The fourth-order valence-corrected chi connectivity index (χ4v) is 3.38. The van der Waals surface area contributed by atoms with Crippen LogP contribution in [0.2, 0.25) is 0 Å². The van der Waals surface area contributed by atoms with Gasteiger partial charge in [0.1, 0.15) is 5.60 Å². The van der Waals surface area contributed by atoms with Crippen molar-refractivity contribution in [3.8, 4) is 11.5 Å². The summed E-state index contributed by atoms with van der Waals surface area (Å²) in [4.78, 5) is 24.3. The molecular weight excluding hydrogens is 356 g/mol. The van der Waals surface area contributed by atoms with Crippen molar-refractivity contribution in [1.29, 1.82) is 0 Å². The Bertz CT molecular complexity index is 845. The summed E-state index contributed by atoms with van der Waals surface area (Å²) in [5.41, 5.74) is -0.0855. The van der Waals surface area contributed by atoms with Gasteiger partial charge < -0.3 is 14.9 Å². The summed E-state index contributed by atoms with van der Waals surface area (Å²) >= 11 is 0. The van der Waals surface area contributed by atoms with Gasteiger partial charge in [-0.15, -0.1) is 0 Å². The second kappa shape index (κ2) is 8.57. The first-order valence-corrected chi connectivity index (χ1v) is 9.28. The Morgan fingerprint density at radius 3 is 2.54 bits per heavy atom. The lowest BCUT2D eigenvalue weighted by atomic mass is 9.65. The number of carbonyl (C=O) groups excluding carboxylic acids is 2. The molecule has 1 aromatic carbocycles. The number of ketones is 2. The van der Waals surface area contributed by atoms with Crippen LogP contribution in [-0.4, -0.2) is 34.5 Å². The summed E-state index contributed by atoms with van der Waals surface area (Å²) in [5.74, 6) is -0.385. The second-order valence-electron chi connectivity index (χ2n) is 7.78. The van der Waals surface area contributed by atoms with Crippen molar-refractivity contribution in [2.24, 2.45) is 5.41 Å². The molecule has 0 amide bonds. The number of aliphatic hydroxyl groups is 1. The number of carbonyl (C=O) groups is 2. The quantitative estimate of drug-likeness (QED) is 0.422. The van der Waals surface area contributed by atoms with E-state index < -0.39 is 5.60 Å². The Morgan fingerprint density at radius 2 is 1.89 bits per heavy atom. The molecule has 5 nitrogen and oxygen atoms in total. The summed E-state index contributed by atoms with van der Waals surface area (Å²) in [6.45, 7) is 5.80. The monoisotopic (exact) mass is 384 g/mol. The third kappa shape index (κ3) is 4.78. The molecule has 2 rings (SSSR count). The topological polar surface area (TPSA) is 83.8 Å². The molecule has 0 aromatic heterocycles. The van der Waals surface area contributed by atoms with Gasteiger partial charge in [0.25, 0.3) is 0 Å². The Labute approximate surface area is 166 Å². The van der Waals surface area contributed by atoms with Crippen molar-refractivity contribution in [2.75, 3.05) is 7.11 Å². The Morgan fingerprint density at radius 1 is 1.21 bits per heavy atom. The Hall–Kier alpha value is -2.66. The van der Waals surface area contributed by atoms with E-state index in [2.05, 4.69) is 0 Å². The summed E-state index contributed by atoms with van der Waals surface area (Å²) < 4.78 is 5.02. The van der Waals surface area contributed by atoms with Gasteiger partial charge >= 0.3 is 0 Å². The number of rotatable bonds is 7. The largest absolute Gasteiger partial charge is 0.504 e. The minimum absolute atomic E-state index is 0.0132. The molecule has 0 spiro atoms. The van der Waals surface area contributed by atoms with Crippen molar-refractivity contribution in [1.82, 2.24) is 0 Å². The van der Waals surface area contributed by atoms with Gasteiger partial charge in [0, 0.05) is 5.41 Å². The van der Waals surface area contributed by atoms with Crippen LogP contribution in [0.15, 0.2) is 48.1 Å². The molecule has 1 unspecified atom stereocenters. The highest BCUT2D eigenvalue weighted by Crippen LogP contribution is 2.45. The first-order valence-electron chi connectivity index (χ1n) is 9.28. The lowest BCUT2D eigenvalue weighted by Gasteiger charge is -2.44. The molecule has 5 heteroatoms. The van der Waals surface area contributed by atoms with Gasteiger partial charge in [0.2, 0.25) is 0 Å². The number of hydrogen-bond donors (Lipinski definition) is 2. The maximum atomic E-state index is 12.2. The molecule has 1 aliphatic rings. The van der Waals surface area contributed by atoms with Crippen molar-refractivity contribution in [3.05, 3.63) is 53.6 Å². The number of hydrogen-bond acceptors (Lipinski definition) is 5. The van der Waals surface area contributed by atoms with Crippen LogP contribution in [0.3, 0.4) is 0 Å². The minimum atomic E-state index is -1.19. The second-order valence-corrected chi connectivity index (χ2v) is 7.78.